The molecule has 9 heteroatoms. The molecule has 0 atom stereocenters. The monoisotopic (exact) mass is 516 g/mol. The lowest BCUT2D eigenvalue weighted by atomic mass is 10.1. The van der Waals surface area contributed by atoms with Crippen LogP contribution in [0.2, 0.25) is 0 Å². The average Bonchev–Trinajstić information content (AvgIpc) is 2.88. The molecule has 202 valence electrons. The molecule has 1 aromatic rings. The first-order valence-corrected chi connectivity index (χ1v) is 11.4. The van der Waals surface area contributed by atoms with Crippen LogP contribution in [0.4, 0.5) is 0 Å². The maximum atomic E-state index is 11.0. The Morgan fingerprint density at radius 2 is 1.62 bits per heavy atom. The fourth-order valence-electron chi connectivity index (χ4n) is 2.02. The molecule has 0 spiro atoms. The summed E-state index contributed by atoms with van der Waals surface area (Å²) in [5.74, 6) is -3.18. The van der Waals surface area contributed by atoms with E-state index in [1.165, 1.54) is 13.0 Å². The van der Waals surface area contributed by atoms with E-state index in [0.717, 1.165) is 24.5 Å². The number of carbonyl (C=O) groups is 4. The zero-order valence-corrected chi connectivity index (χ0v) is 21.5. The molecule has 1 aromatic carbocycles. The van der Waals surface area contributed by atoms with Gasteiger partial charge < -0.3 is 24.8 Å². The summed E-state index contributed by atoms with van der Waals surface area (Å²) in [6, 6.07) is 9.73. The summed E-state index contributed by atoms with van der Waals surface area (Å²) in [6.45, 7) is 12.3. The van der Waals surface area contributed by atoms with E-state index in [1.54, 1.807) is 13.0 Å². The molecule has 0 aliphatic rings. The Bertz CT molecular complexity index is 971. The molecule has 0 amide bonds. The normalized spacial score (nSPS) is 10.7. The molecule has 0 saturated heterocycles. The van der Waals surface area contributed by atoms with Crippen molar-refractivity contribution in [2.75, 3.05) is 13.2 Å². The average molecular weight is 517 g/mol. The number of esters is 2. The molecule has 0 aliphatic carbocycles. The summed E-state index contributed by atoms with van der Waals surface area (Å²) >= 11 is 0. The Morgan fingerprint density at radius 1 is 1.00 bits per heavy atom. The number of carbonyl (C=O) groups excluding carboxylic acids is 2. The Labute approximate surface area is 217 Å². The minimum atomic E-state index is -1.16. The Hall–Kier alpha value is -4.40. The maximum Gasteiger partial charge on any atom is 0.341 e. The second kappa shape index (κ2) is 22.1. The van der Waals surface area contributed by atoms with E-state index < -0.39 is 17.9 Å². The summed E-state index contributed by atoms with van der Waals surface area (Å²) in [5, 5.41) is 25.7. The second-order valence-corrected chi connectivity index (χ2v) is 7.09. The smallest absolute Gasteiger partial charge is 0.341 e. The van der Waals surface area contributed by atoms with Gasteiger partial charge in [0.1, 0.15) is 0 Å². The summed E-state index contributed by atoms with van der Waals surface area (Å²) in [4.78, 5) is 42.2. The number of ether oxygens (including phenoxy) is 2. The molecule has 37 heavy (non-hydrogen) atoms. The molecule has 9 nitrogen and oxygen atoms in total. The number of hydrogen-bond donors (Lipinski definition) is 3. The highest BCUT2D eigenvalue weighted by molar-refractivity contribution is 5.95. The van der Waals surface area contributed by atoms with Gasteiger partial charge in [0.2, 0.25) is 0 Å². The van der Waals surface area contributed by atoms with Crippen molar-refractivity contribution in [1.29, 1.82) is 0 Å². The lowest BCUT2D eigenvalue weighted by Crippen LogP contribution is -2.08. The van der Waals surface area contributed by atoms with Gasteiger partial charge in [-0.3, -0.25) is 0 Å². The Kier molecular flexibility index (Phi) is 20.8. The zero-order valence-electron chi connectivity index (χ0n) is 21.5. The number of allylic oxidation sites excluding steroid dienone is 1. The number of unbranched alkanes of at least 4 members (excludes halogenated alkanes) is 1. The first-order valence-electron chi connectivity index (χ1n) is 11.4. The first-order chi connectivity index (χ1) is 17.5. The second-order valence-electron chi connectivity index (χ2n) is 7.09. The van der Waals surface area contributed by atoms with Crippen molar-refractivity contribution in [3.05, 3.63) is 90.3 Å². The number of rotatable bonds is 12. The van der Waals surface area contributed by atoms with E-state index in [9.17, 15) is 19.2 Å². The van der Waals surface area contributed by atoms with E-state index in [2.05, 4.69) is 22.6 Å². The van der Waals surface area contributed by atoms with Crippen molar-refractivity contribution in [1.82, 2.24) is 0 Å². The van der Waals surface area contributed by atoms with Crippen LogP contribution in [0.15, 0.2) is 84.7 Å². The van der Waals surface area contributed by atoms with Crippen LogP contribution in [0.25, 0.3) is 6.08 Å². The lowest BCUT2D eigenvalue weighted by Gasteiger charge is -2.01. The minimum Gasteiger partial charge on any atom is -0.515 e. The summed E-state index contributed by atoms with van der Waals surface area (Å²) < 4.78 is 9.25. The van der Waals surface area contributed by atoms with Gasteiger partial charge in [-0.25, -0.2) is 19.2 Å². The number of benzene rings is 1. The van der Waals surface area contributed by atoms with Crippen LogP contribution in [-0.4, -0.2) is 52.4 Å². The van der Waals surface area contributed by atoms with Gasteiger partial charge in [-0.05, 0) is 38.3 Å². The van der Waals surface area contributed by atoms with Crippen molar-refractivity contribution in [2.24, 2.45) is 0 Å². The van der Waals surface area contributed by atoms with Gasteiger partial charge in [-0.1, -0.05) is 69.0 Å². The van der Waals surface area contributed by atoms with Crippen molar-refractivity contribution < 1.29 is 44.0 Å². The summed E-state index contributed by atoms with van der Waals surface area (Å²) in [7, 11) is 0. The molecular weight excluding hydrogens is 480 g/mol. The highest BCUT2D eigenvalue weighted by Crippen LogP contribution is 2.06. The molecule has 3 N–H and O–H groups in total. The van der Waals surface area contributed by atoms with Crippen LogP contribution in [0.1, 0.15) is 45.6 Å². The largest absolute Gasteiger partial charge is 0.515 e. The third kappa shape index (κ3) is 19.6. The molecule has 0 heterocycles. The molecular formula is C28H36O9. The van der Waals surface area contributed by atoms with E-state index >= 15 is 0 Å². The Morgan fingerprint density at radius 3 is 2.08 bits per heavy atom. The van der Waals surface area contributed by atoms with E-state index in [0.29, 0.717) is 19.3 Å². The Balaban J connectivity index is 0. The number of hydrogen-bond acceptors (Lipinski definition) is 7. The van der Waals surface area contributed by atoms with Crippen LogP contribution < -0.4 is 0 Å². The van der Waals surface area contributed by atoms with E-state index in [-0.39, 0.29) is 29.3 Å². The zero-order chi connectivity index (χ0) is 28.6. The molecule has 0 aliphatic heterocycles. The van der Waals surface area contributed by atoms with Crippen molar-refractivity contribution in [2.45, 2.75) is 40.0 Å². The van der Waals surface area contributed by atoms with E-state index in [4.69, 9.17) is 15.3 Å². The summed E-state index contributed by atoms with van der Waals surface area (Å²) in [5.41, 5.74) is 1.02. The van der Waals surface area contributed by atoms with Gasteiger partial charge in [-0.15, -0.1) is 0 Å². The number of carboxylic acids is 2. The van der Waals surface area contributed by atoms with Crippen LogP contribution >= 0.6 is 0 Å². The predicted octanol–water partition coefficient (Wildman–Crippen LogP) is 5.27. The highest BCUT2D eigenvalue weighted by Gasteiger charge is 2.10. The lowest BCUT2D eigenvalue weighted by molar-refractivity contribution is -0.139. The molecule has 0 radical (unpaired) electrons. The minimum absolute atomic E-state index is 0.0571. The number of aliphatic hydroxyl groups excluding tert-OH is 1. The van der Waals surface area contributed by atoms with Gasteiger partial charge in [0.25, 0.3) is 0 Å². The van der Waals surface area contributed by atoms with Crippen LogP contribution in [0.5, 0.6) is 0 Å². The molecule has 0 saturated carbocycles. The van der Waals surface area contributed by atoms with Gasteiger partial charge >= 0.3 is 23.9 Å². The quantitative estimate of drug-likeness (QED) is 0.111. The third-order valence-electron chi connectivity index (χ3n) is 4.05. The SMILES string of the molecule is C=C(CC=Cc1ccccc1)C(=O)O.C=CC(=O)OCCCC.CCOC(=O)C(C=C(C)C(=O)O)=CO. The van der Waals surface area contributed by atoms with Crippen molar-refractivity contribution >= 4 is 30.0 Å². The summed E-state index contributed by atoms with van der Waals surface area (Å²) in [6.07, 6.45) is 8.77. The van der Waals surface area contributed by atoms with Crippen LogP contribution in [0, 0.1) is 0 Å². The molecule has 0 aromatic heterocycles. The standard InChI is InChI=1S/C12H12O2.C9H12O5.C7H12O2/c1-10(12(13)14)6-5-9-11-7-3-2-4-8-11;1-3-14-9(13)7(5-10)4-6(2)8(11)12;1-3-5-6-9-7(8)4-2/h2-5,7-9H,1,6H2,(H,13,14);4-5,10H,3H2,1-2H3,(H,11,12);4H,2-3,5-6H2,1H3. The van der Waals surface area contributed by atoms with Crippen LogP contribution in [0.3, 0.4) is 0 Å². The fourth-order valence-corrected chi connectivity index (χ4v) is 2.02. The molecule has 0 unspecified atom stereocenters. The maximum absolute atomic E-state index is 11.0. The van der Waals surface area contributed by atoms with Gasteiger partial charge in [0, 0.05) is 17.2 Å². The predicted molar refractivity (Wildman–Crippen MR) is 142 cm³/mol. The first kappa shape index (κ1) is 34.8. The molecule has 0 bridgehead atoms. The number of aliphatic carboxylic acids is 2. The molecule has 0 fully saturated rings. The van der Waals surface area contributed by atoms with Crippen molar-refractivity contribution in [3.63, 3.8) is 0 Å². The van der Waals surface area contributed by atoms with E-state index in [1.807, 2.05) is 43.3 Å². The number of carboxylic acid groups (broad SMARTS) is 2. The fraction of sp³-hybridized carbons (Fsp3) is 0.286. The number of aliphatic hydroxyl groups is 1. The highest BCUT2D eigenvalue weighted by atomic mass is 16.5. The third-order valence-corrected chi connectivity index (χ3v) is 4.05. The van der Waals surface area contributed by atoms with Gasteiger partial charge in [0.05, 0.1) is 25.0 Å². The topological polar surface area (TPSA) is 147 Å². The van der Waals surface area contributed by atoms with Crippen LogP contribution in [-0.2, 0) is 28.7 Å². The van der Waals surface area contributed by atoms with Crippen molar-refractivity contribution in [3.8, 4) is 0 Å². The molecule has 1 rings (SSSR count). The van der Waals surface area contributed by atoms with Gasteiger partial charge in [0.15, 0.2) is 0 Å². The van der Waals surface area contributed by atoms with Gasteiger partial charge in [-0.2, -0.15) is 0 Å².